The molecule has 1 aromatic carbocycles. The molecule has 3 aromatic rings. The van der Waals surface area contributed by atoms with E-state index in [-0.39, 0.29) is 6.04 Å². The Morgan fingerprint density at radius 2 is 2.30 bits per heavy atom. The Morgan fingerprint density at radius 3 is 3.04 bits per heavy atom. The molecule has 0 aliphatic carbocycles. The molecule has 8 nitrogen and oxygen atoms in total. The molecular weight excluding hydrogens is 296 g/mol. The van der Waals surface area contributed by atoms with Crippen molar-refractivity contribution in [1.82, 2.24) is 30.4 Å². The van der Waals surface area contributed by atoms with Crippen molar-refractivity contribution < 1.29 is 10.0 Å². The fourth-order valence-electron chi connectivity index (χ4n) is 2.35. The normalized spacial score (nSPS) is 12.8. The molecule has 3 rings (SSSR count). The van der Waals surface area contributed by atoms with E-state index in [0.717, 1.165) is 23.3 Å². The summed E-state index contributed by atoms with van der Waals surface area (Å²) >= 11 is 0. The zero-order chi connectivity index (χ0) is 16.2. The number of carbonyl (C=O) groups is 1. The summed E-state index contributed by atoms with van der Waals surface area (Å²) in [6.07, 6.45) is 5.16. The van der Waals surface area contributed by atoms with Gasteiger partial charge in [-0.25, -0.2) is 15.1 Å². The first kappa shape index (κ1) is 14.9. The van der Waals surface area contributed by atoms with Gasteiger partial charge in [0.2, 0.25) is 0 Å². The van der Waals surface area contributed by atoms with E-state index < -0.39 is 5.91 Å². The summed E-state index contributed by atoms with van der Waals surface area (Å²) in [6, 6.07) is 7.74. The van der Waals surface area contributed by atoms with Gasteiger partial charge in [0, 0.05) is 6.08 Å². The molecule has 118 valence electrons. The molecule has 2 aromatic heterocycles. The summed E-state index contributed by atoms with van der Waals surface area (Å²) in [4.78, 5) is 18.9. The molecule has 3 N–H and O–H groups in total. The summed E-state index contributed by atoms with van der Waals surface area (Å²) in [6.45, 7) is 2.04. The highest BCUT2D eigenvalue weighted by atomic mass is 16.5. The van der Waals surface area contributed by atoms with E-state index in [0.29, 0.717) is 5.69 Å². The van der Waals surface area contributed by atoms with Crippen LogP contribution in [0.3, 0.4) is 0 Å². The minimum absolute atomic E-state index is 0.0799. The molecule has 0 fully saturated rings. The molecule has 0 bridgehead atoms. The average Bonchev–Trinajstić information content (AvgIpc) is 3.20. The molecule has 2 heterocycles. The van der Waals surface area contributed by atoms with E-state index in [1.807, 2.05) is 31.2 Å². The van der Waals surface area contributed by atoms with Crippen LogP contribution >= 0.6 is 0 Å². The first-order valence-electron chi connectivity index (χ1n) is 7.20. The van der Waals surface area contributed by atoms with Crippen molar-refractivity contribution in [2.75, 3.05) is 0 Å². The Labute approximate surface area is 131 Å². The molecule has 1 unspecified atom stereocenters. The van der Waals surface area contributed by atoms with Crippen LogP contribution in [0.25, 0.3) is 17.1 Å². The number of para-hydroxylation sites is 2. The molecule has 0 saturated heterocycles. The smallest absolute Gasteiger partial charge is 0.267 e. The number of nitrogens with zero attached hydrogens (tertiary/aromatic N) is 4. The van der Waals surface area contributed by atoms with Crippen LogP contribution in [0.1, 0.15) is 30.9 Å². The maximum Gasteiger partial charge on any atom is 0.267 e. The Kier molecular flexibility index (Phi) is 4.15. The van der Waals surface area contributed by atoms with E-state index >= 15 is 0 Å². The predicted molar refractivity (Wildman–Crippen MR) is 83.5 cm³/mol. The molecule has 1 amide bonds. The number of fused-ring (bicyclic) bond motifs is 1. The van der Waals surface area contributed by atoms with Crippen LogP contribution in [0.15, 0.2) is 36.5 Å². The SMILES string of the molecule is CCC(c1nc2ccccc2[nH]1)n1cc(C=CC(=O)NO)nn1. The third kappa shape index (κ3) is 3.11. The highest BCUT2D eigenvalue weighted by molar-refractivity contribution is 5.90. The third-order valence-corrected chi connectivity index (χ3v) is 3.47. The Hall–Kier alpha value is -3.00. The van der Waals surface area contributed by atoms with Gasteiger partial charge in [-0.2, -0.15) is 0 Å². The number of nitrogens with one attached hydrogen (secondary N) is 2. The number of imidazole rings is 1. The van der Waals surface area contributed by atoms with Crippen molar-refractivity contribution in [3.63, 3.8) is 0 Å². The number of hydrogen-bond donors (Lipinski definition) is 3. The second-order valence-corrected chi connectivity index (χ2v) is 5.00. The summed E-state index contributed by atoms with van der Waals surface area (Å²) in [7, 11) is 0. The van der Waals surface area contributed by atoms with E-state index in [9.17, 15) is 4.79 Å². The van der Waals surface area contributed by atoms with Crippen LogP contribution in [-0.4, -0.2) is 36.1 Å². The lowest BCUT2D eigenvalue weighted by Gasteiger charge is -2.11. The second-order valence-electron chi connectivity index (χ2n) is 5.00. The maximum atomic E-state index is 11.0. The van der Waals surface area contributed by atoms with Gasteiger partial charge in [-0.15, -0.1) is 5.10 Å². The van der Waals surface area contributed by atoms with Crippen molar-refractivity contribution in [1.29, 1.82) is 0 Å². The monoisotopic (exact) mass is 312 g/mol. The van der Waals surface area contributed by atoms with Crippen LogP contribution in [0, 0.1) is 0 Å². The van der Waals surface area contributed by atoms with Crippen LogP contribution in [-0.2, 0) is 4.79 Å². The van der Waals surface area contributed by atoms with E-state index in [1.165, 1.54) is 17.6 Å². The first-order valence-corrected chi connectivity index (χ1v) is 7.20. The Balaban J connectivity index is 1.87. The van der Waals surface area contributed by atoms with Gasteiger partial charge in [0.05, 0.1) is 17.2 Å². The van der Waals surface area contributed by atoms with Crippen molar-refractivity contribution in [2.45, 2.75) is 19.4 Å². The zero-order valence-electron chi connectivity index (χ0n) is 12.5. The van der Waals surface area contributed by atoms with Crippen LogP contribution in [0.4, 0.5) is 0 Å². The van der Waals surface area contributed by atoms with Crippen LogP contribution in [0.5, 0.6) is 0 Å². The molecule has 0 aliphatic heterocycles. The molecular formula is C15H16N6O2. The number of aromatic nitrogens is 5. The minimum Gasteiger partial charge on any atom is -0.340 e. The molecule has 23 heavy (non-hydrogen) atoms. The van der Waals surface area contributed by atoms with Crippen molar-refractivity contribution in [2.24, 2.45) is 0 Å². The van der Waals surface area contributed by atoms with Crippen LogP contribution < -0.4 is 5.48 Å². The molecule has 0 aliphatic rings. The topological polar surface area (TPSA) is 109 Å². The summed E-state index contributed by atoms with van der Waals surface area (Å²) in [5, 5.41) is 16.6. The standard InChI is InChI=1S/C15H16N6O2/c1-2-13(15-16-11-5-3-4-6-12(11)17-15)21-9-10(18-20-21)7-8-14(22)19-23/h3-9,13,23H,2H2,1H3,(H,16,17)(H,19,22). The maximum absolute atomic E-state index is 11.0. The lowest BCUT2D eigenvalue weighted by atomic mass is 10.2. The van der Waals surface area contributed by atoms with E-state index in [4.69, 9.17) is 5.21 Å². The van der Waals surface area contributed by atoms with Gasteiger partial charge in [0.15, 0.2) is 0 Å². The van der Waals surface area contributed by atoms with Gasteiger partial charge >= 0.3 is 0 Å². The van der Waals surface area contributed by atoms with Gasteiger partial charge in [-0.1, -0.05) is 24.3 Å². The zero-order valence-corrected chi connectivity index (χ0v) is 12.5. The van der Waals surface area contributed by atoms with E-state index in [2.05, 4.69) is 20.3 Å². The summed E-state index contributed by atoms with van der Waals surface area (Å²) < 4.78 is 1.70. The van der Waals surface area contributed by atoms with Crippen molar-refractivity contribution in [3.05, 3.63) is 48.1 Å². The number of aromatic amines is 1. The number of rotatable bonds is 5. The van der Waals surface area contributed by atoms with Crippen LogP contribution in [0.2, 0.25) is 0 Å². The average molecular weight is 312 g/mol. The first-order chi connectivity index (χ1) is 11.2. The quantitative estimate of drug-likeness (QED) is 0.377. The lowest BCUT2D eigenvalue weighted by molar-refractivity contribution is -0.124. The lowest BCUT2D eigenvalue weighted by Crippen LogP contribution is -2.14. The van der Waals surface area contributed by atoms with E-state index in [1.54, 1.807) is 10.9 Å². The largest absolute Gasteiger partial charge is 0.340 e. The summed E-state index contributed by atoms with van der Waals surface area (Å²) in [5.41, 5.74) is 3.91. The molecule has 1 atom stereocenters. The number of benzene rings is 1. The fourth-order valence-corrected chi connectivity index (χ4v) is 2.35. The number of hydrogen-bond acceptors (Lipinski definition) is 5. The van der Waals surface area contributed by atoms with Gasteiger partial charge in [0.25, 0.3) is 5.91 Å². The summed E-state index contributed by atoms with van der Waals surface area (Å²) in [5.74, 6) is 0.186. The third-order valence-electron chi connectivity index (χ3n) is 3.47. The predicted octanol–water partition coefficient (Wildman–Crippen LogP) is 1.67. The highest BCUT2D eigenvalue weighted by Gasteiger charge is 2.17. The van der Waals surface area contributed by atoms with Crippen molar-refractivity contribution >= 4 is 23.0 Å². The molecule has 0 spiro atoms. The number of hydroxylamine groups is 1. The van der Waals surface area contributed by atoms with Gasteiger partial charge < -0.3 is 4.98 Å². The second kappa shape index (κ2) is 6.41. The van der Waals surface area contributed by atoms with Gasteiger partial charge in [0.1, 0.15) is 17.6 Å². The highest BCUT2D eigenvalue weighted by Crippen LogP contribution is 2.21. The number of amides is 1. The molecule has 0 radical (unpaired) electrons. The molecule has 0 saturated carbocycles. The minimum atomic E-state index is -0.621. The molecule has 8 heteroatoms. The van der Waals surface area contributed by atoms with Gasteiger partial charge in [-0.3, -0.25) is 10.0 Å². The Bertz CT molecular complexity index is 817. The van der Waals surface area contributed by atoms with Gasteiger partial charge in [-0.05, 0) is 24.6 Å². The fraction of sp³-hybridized carbons (Fsp3) is 0.200. The number of carbonyl (C=O) groups excluding carboxylic acids is 1. The Morgan fingerprint density at radius 1 is 1.48 bits per heavy atom. The number of H-pyrrole nitrogens is 1. The van der Waals surface area contributed by atoms with Crippen molar-refractivity contribution in [3.8, 4) is 0 Å².